The lowest BCUT2D eigenvalue weighted by Crippen LogP contribution is -2.48. The Labute approximate surface area is 119 Å². The molecule has 2 atom stereocenters. The lowest BCUT2D eigenvalue weighted by molar-refractivity contribution is -0.122. The molecule has 2 unspecified atom stereocenters. The number of aliphatic hydroxyl groups is 1. The number of carbonyl (C=O) groups is 1. The van der Waals surface area contributed by atoms with Crippen molar-refractivity contribution in [3.05, 3.63) is 35.9 Å². The van der Waals surface area contributed by atoms with E-state index in [0.29, 0.717) is 32.7 Å². The van der Waals surface area contributed by atoms with Crippen molar-refractivity contribution in [3.63, 3.8) is 0 Å². The summed E-state index contributed by atoms with van der Waals surface area (Å²) < 4.78 is 5.48. The SMILES string of the molecule is O=C1CCC(NCC(O)COCc2ccccc2)CN1. The molecule has 0 bridgehead atoms. The molecule has 1 amide bonds. The maximum absolute atomic E-state index is 11.0. The third-order valence-electron chi connectivity index (χ3n) is 3.33. The molecule has 0 aliphatic carbocycles. The summed E-state index contributed by atoms with van der Waals surface area (Å²) in [6, 6.07) is 10.1. The second kappa shape index (κ2) is 7.99. The summed E-state index contributed by atoms with van der Waals surface area (Å²) in [6.07, 6.45) is 0.846. The zero-order chi connectivity index (χ0) is 14.2. The third kappa shape index (κ3) is 5.28. The van der Waals surface area contributed by atoms with E-state index in [1.165, 1.54) is 0 Å². The summed E-state index contributed by atoms with van der Waals surface area (Å²) in [4.78, 5) is 11.0. The molecule has 0 radical (unpaired) electrons. The summed E-state index contributed by atoms with van der Waals surface area (Å²) in [5, 5.41) is 15.9. The number of hydrogen-bond donors (Lipinski definition) is 3. The molecule has 5 heteroatoms. The van der Waals surface area contributed by atoms with Gasteiger partial charge in [0.25, 0.3) is 0 Å². The van der Waals surface area contributed by atoms with E-state index in [4.69, 9.17) is 4.74 Å². The van der Waals surface area contributed by atoms with Gasteiger partial charge in [0.15, 0.2) is 0 Å². The average Bonchev–Trinajstić information content (AvgIpc) is 2.48. The Morgan fingerprint density at radius 2 is 2.20 bits per heavy atom. The predicted octanol–water partition coefficient (Wildman–Crippen LogP) is 0.432. The maximum Gasteiger partial charge on any atom is 0.220 e. The van der Waals surface area contributed by atoms with Crippen molar-refractivity contribution in [2.75, 3.05) is 19.7 Å². The van der Waals surface area contributed by atoms with Crippen LogP contribution in [0.5, 0.6) is 0 Å². The first kappa shape index (κ1) is 15.0. The average molecular weight is 278 g/mol. The standard InChI is InChI=1S/C15H22N2O3/c18-14(9-16-13-6-7-15(19)17-8-13)11-20-10-12-4-2-1-3-5-12/h1-5,13-14,16,18H,6-11H2,(H,17,19). The van der Waals surface area contributed by atoms with Gasteiger partial charge in [0.1, 0.15) is 0 Å². The summed E-state index contributed by atoms with van der Waals surface area (Å²) in [7, 11) is 0. The minimum absolute atomic E-state index is 0.106. The molecule has 1 heterocycles. The van der Waals surface area contributed by atoms with Crippen LogP contribution in [0.4, 0.5) is 0 Å². The summed E-state index contributed by atoms with van der Waals surface area (Å²) in [6.45, 7) is 1.93. The van der Waals surface area contributed by atoms with E-state index in [9.17, 15) is 9.90 Å². The Bertz CT molecular complexity index is 401. The molecule has 110 valence electrons. The Morgan fingerprint density at radius 1 is 1.40 bits per heavy atom. The molecule has 3 N–H and O–H groups in total. The Kier molecular flexibility index (Phi) is 5.98. The summed E-state index contributed by atoms with van der Waals surface area (Å²) in [5.41, 5.74) is 1.10. The summed E-state index contributed by atoms with van der Waals surface area (Å²) in [5.74, 6) is 0.106. The van der Waals surface area contributed by atoms with Crippen molar-refractivity contribution in [1.29, 1.82) is 0 Å². The zero-order valence-electron chi connectivity index (χ0n) is 11.5. The van der Waals surface area contributed by atoms with Crippen molar-refractivity contribution in [2.24, 2.45) is 0 Å². The number of rotatable bonds is 7. The van der Waals surface area contributed by atoms with Gasteiger partial charge in [0.2, 0.25) is 5.91 Å². The highest BCUT2D eigenvalue weighted by Crippen LogP contribution is 2.03. The van der Waals surface area contributed by atoms with E-state index in [-0.39, 0.29) is 11.9 Å². The lowest BCUT2D eigenvalue weighted by atomic mass is 10.1. The molecule has 1 saturated heterocycles. The molecule has 2 rings (SSSR count). The van der Waals surface area contributed by atoms with E-state index in [1.54, 1.807) is 0 Å². The molecule has 0 spiro atoms. The number of ether oxygens (including phenoxy) is 1. The van der Waals surface area contributed by atoms with Crippen molar-refractivity contribution in [3.8, 4) is 0 Å². The smallest absolute Gasteiger partial charge is 0.220 e. The first-order valence-corrected chi connectivity index (χ1v) is 7.04. The molecular weight excluding hydrogens is 256 g/mol. The van der Waals surface area contributed by atoms with Crippen LogP contribution in [0.1, 0.15) is 18.4 Å². The monoisotopic (exact) mass is 278 g/mol. The summed E-state index contributed by atoms with van der Waals surface area (Å²) >= 11 is 0. The largest absolute Gasteiger partial charge is 0.389 e. The van der Waals surface area contributed by atoms with Crippen LogP contribution in [0.25, 0.3) is 0 Å². The van der Waals surface area contributed by atoms with Crippen LogP contribution in [-0.2, 0) is 16.1 Å². The molecule has 1 aromatic carbocycles. The van der Waals surface area contributed by atoms with E-state index in [2.05, 4.69) is 10.6 Å². The van der Waals surface area contributed by atoms with Gasteiger partial charge in [-0.3, -0.25) is 4.79 Å². The number of piperidine rings is 1. The van der Waals surface area contributed by atoms with E-state index in [0.717, 1.165) is 12.0 Å². The van der Waals surface area contributed by atoms with Crippen LogP contribution < -0.4 is 10.6 Å². The highest BCUT2D eigenvalue weighted by atomic mass is 16.5. The normalized spacial score (nSPS) is 20.4. The van der Waals surface area contributed by atoms with Crippen LogP contribution in [0, 0.1) is 0 Å². The van der Waals surface area contributed by atoms with Crippen molar-refractivity contribution < 1.29 is 14.6 Å². The van der Waals surface area contributed by atoms with Gasteiger partial charge >= 0.3 is 0 Å². The van der Waals surface area contributed by atoms with Gasteiger partial charge in [0.05, 0.1) is 19.3 Å². The van der Waals surface area contributed by atoms with Gasteiger partial charge in [0, 0.05) is 25.6 Å². The number of amides is 1. The third-order valence-corrected chi connectivity index (χ3v) is 3.33. The number of nitrogens with one attached hydrogen (secondary N) is 2. The highest BCUT2D eigenvalue weighted by Gasteiger charge is 2.18. The molecule has 20 heavy (non-hydrogen) atoms. The number of hydrogen-bond acceptors (Lipinski definition) is 4. The quantitative estimate of drug-likeness (QED) is 0.676. The number of carbonyl (C=O) groups excluding carboxylic acids is 1. The Balaban J connectivity index is 1.56. The Hall–Kier alpha value is -1.43. The highest BCUT2D eigenvalue weighted by molar-refractivity contribution is 5.76. The van der Waals surface area contributed by atoms with Crippen LogP contribution in [0.15, 0.2) is 30.3 Å². The minimum atomic E-state index is -0.531. The maximum atomic E-state index is 11.0. The van der Waals surface area contributed by atoms with Crippen molar-refractivity contribution in [2.45, 2.75) is 31.6 Å². The first-order valence-electron chi connectivity index (χ1n) is 7.04. The van der Waals surface area contributed by atoms with Gasteiger partial charge in [-0.2, -0.15) is 0 Å². The number of benzene rings is 1. The van der Waals surface area contributed by atoms with Gasteiger partial charge in [-0.15, -0.1) is 0 Å². The molecule has 1 aliphatic rings. The van der Waals surface area contributed by atoms with Crippen LogP contribution >= 0.6 is 0 Å². The van der Waals surface area contributed by atoms with E-state index < -0.39 is 6.10 Å². The van der Waals surface area contributed by atoms with Crippen LogP contribution in [-0.4, -0.2) is 42.9 Å². The second-order valence-electron chi connectivity index (χ2n) is 5.10. The zero-order valence-corrected chi connectivity index (χ0v) is 11.5. The minimum Gasteiger partial charge on any atom is -0.389 e. The molecule has 1 fully saturated rings. The lowest BCUT2D eigenvalue weighted by Gasteiger charge is -2.24. The van der Waals surface area contributed by atoms with E-state index >= 15 is 0 Å². The molecule has 5 nitrogen and oxygen atoms in total. The van der Waals surface area contributed by atoms with Gasteiger partial charge in [-0.05, 0) is 12.0 Å². The molecule has 0 saturated carbocycles. The van der Waals surface area contributed by atoms with Crippen LogP contribution in [0.2, 0.25) is 0 Å². The van der Waals surface area contributed by atoms with Gasteiger partial charge < -0.3 is 20.5 Å². The molecule has 1 aromatic rings. The number of aliphatic hydroxyl groups excluding tert-OH is 1. The first-order chi connectivity index (χ1) is 9.74. The fourth-order valence-electron chi connectivity index (χ4n) is 2.16. The predicted molar refractivity (Wildman–Crippen MR) is 76.1 cm³/mol. The van der Waals surface area contributed by atoms with Gasteiger partial charge in [-0.1, -0.05) is 30.3 Å². The van der Waals surface area contributed by atoms with Gasteiger partial charge in [-0.25, -0.2) is 0 Å². The topological polar surface area (TPSA) is 70.6 Å². The second-order valence-corrected chi connectivity index (χ2v) is 5.10. The van der Waals surface area contributed by atoms with E-state index in [1.807, 2.05) is 30.3 Å². The fourth-order valence-corrected chi connectivity index (χ4v) is 2.16. The molecule has 0 aromatic heterocycles. The molecule has 1 aliphatic heterocycles. The fraction of sp³-hybridized carbons (Fsp3) is 0.533. The molecular formula is C15H22N2O3. The van der Waals surface area contributed by atoms with Crippen molar-refractivity contribution >= 4 is 5.91 Å². The van der Waals surface area contributed by atoms with Crippen LogP contribution in [0.3, 0.4) is 0 Å². The van der Waals surface area contributed by atoms with Crippen molar-refractivity contribution in [1.82, 2.24) is 10.6 Å². The Morgan fingerprint density at radius 3 is 2.90 bits per heavy atom.